The van der Waals surface area contributed by atoms with Gasteiger partial charge in [-0.3, -0.25) is 0 Å². The first kappa shape index (κ1) is 15.2. The molecule has 0 saturated heterocycles. The Kier molecular flexibility index (Phi) is 5.25. The lowest BCUT2D eigenvalue weighted by Gasteiger charge is -2.03. The lowest BCUT2D eigenvalue weighted by molar-refractivity contribution is 0.0696. The summed E-state index contributed by atoms with van der Waals surface area (Å²) in [5.74, 6) is -1.06. The molecular formula is C16H14N2O4. The third-order valence-electron chi connectivity index (χ3n) is 2.76. The first-order valence-electron chi connectivity index (χ1n) is 6.49. The molecule has 6 nitrogen and oxygen atoms in total. The van der Waals surface area contributed by atoms with Crippen LogP contribution in [0.5, 0.6) is 0 Å². The molecule has 0 bridgehead atoms. The van der Waals surface area contributed by atoms with E-state index in [2.05, 4.69) is 10.5 Å². The summed E-state index contributed by atoms with van der Waals surface area (Å²) in [6, 6.07) is 15.6. The van der Waals surface area contributed by atoms with Crippen LogP contribution in [0.4, 0.5) is 4.79 Å². The molecule has 6 heteroatoms. The Labute approximate surface area is 127 Å². The molecule has 0 aliphatic heterocycles. The molecule has 0 spiro atoms. The fourth-order valence-corrected chi connectivity index (χ4v) is 1.71. The summed E-state index contributed by atoms with van der Waals surface area (Å²) in [5, 5.41) is 12.7. The fourth-order valence-electron chi connectivity index (χ4n) is 1.71. The van der Waals surface area contributed by atoms with Gasteiger partial charge in [-0.1, -0.05) is 48.5 Å². The van der Waals surface area contributed by atoms with Crippen LogP contribution in [0, 0.1) is 0 Å². The van der Waals surface area contributed by atoms with Crippen LogP contribution < -0.4 is 5.43 Å². The third kappa shape index (κ3) is 4.45. The molecular weight excluding hydrogens is 284 g/mol. The van der Waals surface area contributed by atoms with E-state index in [4.69, 9.17) is 9.84 Å². The van der Waals surface area contributed by atoms with Crippen LogP contribution in [0.2, 0.25) is 0 Å². The number of nitrogens with one attached hydrogen (secondary N) is 1. The summed E-state index contributed by atoms with van der Waals surface area (Å²) in [6.07, 6.45) is 0.542. The molecule has 2 N–H and O–H groups in total. The molecule has 0 unspecified atom stereocenters. The second kappa shape index (κ2) is 7.58. The molecule has 0 fully saturated rings. The normalized spacial score (nSPS) is 10.4. The van der Waals surface area contributed by atoms with E-state index >= 15 is 0 Å². The number of amides is 1. The molecule has 0 saturated carbocycles. The second-order valence-electron chi connectivity index (χ2n) is 4.32. The number of hydrogen-bond donors (Lipinski definition) is 2. The number of carboxylic acids is 1. The van der Waals surface area contributed by atoms with Crippen molar-refractivity contribution in [1.82, 2.24) is 5.43 Å². The summed E-state index contributed by atoms with van der Waals surface area (Å²) >= 11 is 0. The zero-order chi connectivity index (χ0) is 15.8. The average Bonchev–Trinajstić information content (AvgIpc) is 2.54. The van der Waals surface area contributed by atoms with E-state index in [9.17, 15) is 9.59 Å². The molecule has 0 radical (unpaired) electrons. The van der Waals surface area contributed by atoms with Gasteiger partial charge in [0.1, 0.15) is 6.61 Å². The van der Waals surface area contributed by atoms with Crippen LogP contribution in [0.3, 0.4) is 0 Å². The van der Waals surface area contributed by atoms with Crippen LogP contribution in [-0.4, -0.2) is 23.4 Å². The van der Waals surface area contributed by atoms with Crippen LogP contribution in [0.25, 0.3) is 0 Å². The van der Waals surface area contributed by atoms with Crippen molar-refractivity contribution in [3.63, 3.8) is 0 Å². The van der Waals surface area contributed by atoms with Crippen molar-refractivity contribution in [1.29, 1.82) is 0 Å². The van der Waals surface area contributed by atoms with E-state index in [0.717, 1.165) is 5.56 Å². The summed E-state index contributed by atoms with van der Waals surface area (Å²) in [6.45, 7) is 0.133. The Balaban J connectivity index is 1.87. The number of hydrazone groups is 1. The standard InChI is InChI=1S/C16H14N2O4/c19-15(20)14-9-5-4-8-13(14)10-17-18-16(21)22-11-12-6-2-1-3-7-12/h1-10H,11H2,(H,18,21)(H,19,20). The van der Waals surface area contributed by atoms with Crippen molar-refractivity contribution in [2.75, 3.05) is 0 Å². The van der Waals surface area contributed by atoms with E-state index in [1.165, 1.54) is 12.3 Å². The van der Waals surface area contributed by atoms with E-state index in [-0.39, 0.29) is 12.2 Å². The Bertz CT molecular complexity index is 684. The van der Waals surface area contributed by atoms with Gasteiger partial charge in [0.25, 0.3) is 0 Å². The zero-order valence-corrected chi connectivity index (χ0v) is 11.6. The van der Waals surface area contributed by atoms with Gasteiger partial charge in [0.2, 0.25) is 0 Å². The SMILES string of the molecule is O=C(NN=Cc1ccccc1C(=O)O)OCc1ccccc1. The molecule has 112 valence electrons. The summed E-state index contributed by atoms with van der Waals surface area (Å²) in [4.78, 5) is 22.5. The number of hydrogen-bond acceptors (Lipinski definition) is 4. The highest BCUT2D eigenvalue weighted by Crippen LogP contribution is 2.05. The monoisotopic (exact) mass is 298 g/mol. The summed E-state index contributed by atoms with van der Waals surface area (Å²) < 4.78 is 4.96. The maximum Gasteiger partial charge on any atom is 0.428 e. The Morgan fingerprint density at radius 1 is 1.09 bits per heavy atom. The van der Waals surface area contributed by atoms with Crippen molar-refractivity contribution >= 4 is 18.3 Å². The minimum Gasteiger partial charge on any atom is -0.478 e. The zero-order valence-electron chi connectivity index (χ0n) is 11.6. The minimum absolute atomic E-state index is 0.103. The van der Waals surface area contributed by atoms with E-state index < -0.39 is 12.1 Å². The van der Waals surface area contributed by atoms with Crippen molar-refractivity contribution < 1.29 is 19.4 Å². The van der Waals surface area contributed by atoms with Gasteiger partial charge in [0.15, 0.2) is 0 Å². The van der Waals surface area contributed by atoms with E-state index in [1.807, 2.05) is 30.3 Å². The van der Waals surface area contributed by atoms with Gasteiger partial charge >= 0.3 is 12.1 Å². The number of carbonyl (C=O) groups excluding carboxylic acids is 1. The van der Waals surface area contributed by atoms with Crippen LogP contribution >= 0.6 is 0 Å². The largest absolute Gasteiger partial charge is 0.478 e. The topological polar surface area (TPSA) is 88.0 Å². The first-order chi connectivity index (χ1) is 10.7. The number of rotatable bonds is 5. The number of carboxylic acid groups (broad SMARTS) is 1. The quantitative estimate of drug-likeness (QED) is 0.656. The number of benzene rings is 2. The van der Waals surface area contributed by atoms with Gasteiger partial charge in [0, 0.05) is 5.56 Å². The molecule has 0 aromatic heterocycles. The third-order valence-corrected chi connectivity index (χ3v) is 2.76. The first-order valence-corrected chi connectivity index (χ1v) is 6.49. The predicted octanol–water partition coefficient (Wildman–Crippen LogP) is 2.65. The van der Waals surface area contributed by atoms with Crippen molar-refractivity contribution in [3.05, 3.63) is 71.3 Å². The highest BCUT2D eigenvalue weighted by atomic mass is 16.6. The van der Waals surface area contributed by atoms with E-state index in [0.29, 0.717) is 5.56 Å². The van der Waals surface area contributed by atoms with Crippen molar-refractivity contribution in [3.8, 4) is 0 Å². The minimum atomic E-state index is -1.06. The summed E-state index contributed by atoms with van der Waals surface area (Å²) in [5.41, 5.74) is 3.53. The molecule has 2 aromatic rings. The van der Waals surface area contributed by atoms with Gasteiger partial charge in [-0.15, -0.1) is 0 Å². The second-order valence-corrected chi connectivity index (χ2v) is 4.32. The smallest absolute Gasteiger partial charge is 0.428 e. The summed E-state index contributed by atoms with van der Waals surface area (Å²) in [7, 11) is 0. The Morgan fingerprint density at radius 2 is 1.77 bits per heavy atom. The van der Waals surface area contributed by atoms with Gasteiger partial charge in [-0.25, -0.2) is 15.0 Å². The lowest BCUT2D eigenvalue weighted by Crippen LogP contribution is -2.19. The lowest BCUT2D eigenvalue weighted by atomic mass is 10.1. The van der Waals surface area contributed by atoms with Crippen LogP contribution in [0.15, 0.2) is 59.7 Å². The molecule has 2 rings (SSSR count). The Morgan fingerprint density at radius 3 is 2.50 bits per heavy atom. The van der Waals surface area contributed by atoms with Gasteiger partial charge in [-0.05, 0) is 11.6 Å². The molecule has 0 aliphatic rings. The average molecular weight is 298 g/mol. The molecule has 0 heterocycles. The highest BCUT2D eigenvalue weighted by Gasteiger charge is 2.07. The highest BCUT2D eigenvalue weighted by molar-refractivity contribution is 5.98. The van der Waals surface area contributed by atoms with Gasteiger partial charge in [0.05, 0.1) is 11.8 Å². The molecule has 22 heavy (non-hydrogen) atoms. The van der Waals surface area contributed by atoms with Crippen LogP contribution in [0.1, 0.15) is 21.5 Å². The maximum absolute atomic E-state index is 11.5. The fraction of sp³-hybridized carbons (Fsp3) is 0.0625. The molecule has 0 aliphatic carbocycles. The predicted molar refractivity (Wildman–Crippen MR) is 80.8 cm³/mol. The van der Waals surface area contributed by atoms with Gasteiger partial charge in [-0.2, -0.15) is 5.10 Å². The molecule has 0 atom stereocenters. The van der Waals surface area contributed by atoms with Crippen LogP contribution in [-0.2, 0) is 11.3 Å². The van der Waals surface area contributed by atoms with Crippen molar-refractivity contribution in [2.24, 2.45) is 5.10 Å². The number of nitrogens with zero attached hydrogens (tertiary/aromatic N) is 1. The molecule has 2 aromatic carbocycles. The van der Waals surface area contributed by atoms with Crippen molar-refractivity contribution in [2.45, 2.75) is 6.61 Å². The molecule has 1 amide bonds. The number of ether oxygens (including phenoxy) is 1. The number of aromatic carboxylic acids is 1. The van der Waals surface area contributed by atoms with E-state index in [1.54, 1.807) is 18.2 Å². The Hall–Kier alpha value is -3.15. The number of carbonyl (C=O) groups is 2. The maximum atomic E-state index is 11.5. The van der Waals surface area contributed by atoms with Gasteiger partial charge < -0.3 is 9.84 Å².